The molecule has 0 aliphatic rings. The number of allylic oxidation sites excluding steroid dienone is 1. The topological polar surface area (TPSA) is 57.5 Å². The minimum atomic E-state index is -1.83. The van der Waals surface area contributed by atoms with Crippen molar-refractivity contribution in [3.63, 3.8) is 0 Å². The van der Waals surface area contributed by atoms with E-state index in [0.717, 1.165) is 0 Å². The van der Waals surface area contributed by atoms with E-state index in [1.807, 2.05) is 6.92 Å². The molecule has 0 heterocycles. The van der Waals surface area contributed by atoms with E-state index in [4.69, 9.17) is 15.0 Å². The Labute approximate surface area is 134 Å². The summed E-state index contributed by atoms with van der Waals surface area (Å²) in [6, 6.07) is 21.9. The van der Waals surface area contributed by atoms with Crippen molar-refractivity contribution in [1.29, 1.82) is 0 Å². The van der Waals surface area contributed by atoms with Crippen LogP contribution in [0.2, 0.25) is 0 Å². The van der Waals surface area contributed by atoms with Gasteiger partial charge in [-0.05, 0) is 39.2 Å². The van der Waals surface area contributed by atoms with Crippen LogP contribution in [0.15, 0.2) is 73.3 Å². The fourth-order valence-corrected chi connectivity index (χ4v) is 2.67. The first-order valence-electron chi connectivity index (χ1n) is 7.20. The molecule has 0 amide bonds. The number of carbonyl (C=O) groups is 1. The highest BCUT2D eigenvalue weighted by Crippen LogP contribution is 2.33. The quantitative estimate of drug-likeness (QED) is 0.309. The lowest BCUT2D eigenvalue weighted by atomic mass is 9.95. The third kappa shape index (κ3) is 3.58. The van der Waals surface area contributed by atoms with E-state index >= 15 is 0 Å². The minimum Gasteiger partial charge on any atom is -0.450 e. The summed E-state index contributed by atoms with van der Waals surface area (Å²) in [4.78, 5) is 8.56. The molecule has 2 N–H and O–H groups in total. The van der Waals surface area contributed by atoms with Gasteiger partial charge in [0.1, 0.15) is 0 Å². The minimum absolute atomic E-state index is 1.34. The maximum absolute atomic E-state index is 8.56. The Morgan fingerprint density at radius 3 is 1.22 bits per heavy atom. The van der Waals surface area contributed by atoms with Gasteiger partial charge in [-0.15, -0.1) is 6.58 Å². The summed E-state index contributed by atoms with van der Waals surface area (Å²) in [5, 5.41) is 22.1. The van der Waals surface area contributed by atoms with Crippen LogP contribution in [0.5, 0.6) is 0 Å². The molecule has 0 aromatic heterocycles. The Bertz CT molecular complexity index is 807. The summed E-state index contributed by atoms with van der Waals surface area (Å²) < 4.78 is 0. The molecule has 0 saturated carbocycles. The van der Waals surface area contributed by atoms with Crippen molar-refractivity contribution >= 4 is 38.5 Å². The largest absolute Gasteiger partial charge is 0.503 e. The van der Waals surface area contributed by atoms with Gasteiger partial charge in [0.2, 0.25) is 0 Å². The van der Waals surface area contributed by atoms with Crippen LogP contribution in [0.1, 0.15) is 6.92 Å². The van der Waals surface area contributed by atoms with Crippen LogP contribution >= 0.6 is 0 Å². The zero-order valence-electron chi connectivity index (χ0n) is 12.9. The number of hydrogen-bond donors (Lipinski definition) is 2. The predicted molar refractivity (Wildman–Crippen MR) is 96.7 cm³/mol. The normalized spacial score (nSPS) is 9.78. The maximum atomic E-state index is 8.56. The third-order valence-electron chi connectivity index (χ3n) is 3.39. The summed E-state index contributed by atoms with van der Waals surface area (Å²) in [5.41, 5.74) is 0. The van der Waals surface area contributed by atoms with Crippen molar-refractivity contribution in [3.05, 3.63) is 73.3 Å². The molecule has 3 heteroatoms. The van der Waals surface area contributed by atoms with Crippen LogP contribution in [0, 0.1) is 0 Å². The molecule has 0 unspecified atom stereocenters. The predicted octanol–water partition coefficient (Wildman–Crippen LogP) is 6.00. The Balaban J connectivity index is 0.000000238. The highest BCUT2D eigenvalue weighted by molar-refractivity contribution is 6.22. The molecule has 0 atom stereocenters. The van der Waals surface area contributed by atoms with Gasteiger partial charge in [-0.1, -0.05) is 66.7 Å². The molecule has 4 aromatic rings. The van der Waals surface area contributed by atoms with E-state index in [9.17, 15) is 0 Å². The molecule has 0 bridgehead atoms. The first kappa shape index (κ1) is 16.3. The van der Waals surface area contributed by atoms with E-state index in [0.29, 0.717) is 0 Å². The molecule has 3 nitrogen and oxygen atoms in total. The third-order valence-corrected chi connectivity index (χ3v) is 3.39. The van der Waals surface area contributed by atoms with Crippen LogP contribution in [0.3, 0.4) is 0 Å². The standard InChI is InChI=1S/C16H10.C3H6.CH2O3/c1-3-11-7-9-13-5-2-6-14-10-8-12(4-1)15(11)16(13)14;1-3-2;2-1(3)4/h1-10H;3H,1H2,2H3;(H2,2,3,4). The molecule has 0 fully saturated rings. The lowest BCUT2D eigenvalue weighted by Gasteiger charge is -2.09. The van der Waals surface area contributed by atoms with E-state index < -0.39 is 6.16 Å². The molecular formula is C20H18O3. The van der Waals surface area contributed by atoms with E-state index in [2.05, 4.69) is 67.2 Å². The average Bonchev–Trinajstić information content (AvgIpc) is 2.53. The molecule has 23 heavy (non-hydrogen) atoms. The first-order chi connectivity index (χ1) is 11.1. The lowest BCUT2D eigenvalue weighted by molar-refractivity contribution is 0.137. The molecule has 0 radical (unpaired) electrons. The highest BCUT2D eigenvalue weighted by Gasteiger charge is 2.05. The second kappa shape index (κ2) is 7.27. The SMILES string of the molecule is C=CC.O=C(O)O.c1cc2ccc3cccc4ccc(c1)c2c34. The number of hydrogen-bond acceptors (Lipinski definition) is 1. The fraction of sp³-hybridized carbons (Fsp3) is 0.0500. The molecule has 4 rings (SSSR count). The van der Waals surface area contributed by atoms with Crippen molar-refractivity contribution in [1.82, 2.24) is 0 Å². The second-order valence-corrected chi connectivity index (χ2v) is 4.98. The van der Waals surface area contributed by atoms with Crippen molar-refractivity contribution in [3.8, 4) is 0 Å². The Morgan fingerprint density at radius 1 is 0.783 bits per heavy atom. The lowest BCUT2D eigenvalue weighted by Crippen LogP contribution is -1.82. The van der Waals surface area contributed by atoms with E-state index in [1.54, 1.807) is 6.08 Å². The molecular weight excluding hydrogens is 288 g/mol. The van der Waals surface area contributed by atoms with Gasteiger partial charge in [0.15, 0.2) is 0 Å². The highest BCUT2D eigenvalue weighted by atomic mass is 16.6. The average molecular weight is 306 g/mol. The number of carboxylic acid groups (broad SMARTS) is 2. The molecule has 0 spiro atoms. The van der Waals surface area contributed by atoms with Gasteiger partial charge < -0.3 is 10.2 Å². The van der Waals surface area contributed by atoms with Crippen LogP contribution in [-0.4, -0.2) is 16.4 Å². The van der Waals surface area contributed by atoms with Crippen molar-refractivity contribution in [2.24, 2.45) is 0 Å². The van der Waals surface area contributed by atoms with E-state index in [1.165, 1.54) is 32.3 Å². The van der Waals surface area contributed by atoms with Crippen molar-refractivity contribution in [2.75, 3.05) is 0 Å². The van der Waals surface area contributed by atoms with Gasteiger partial charge in [0, 0.05) is 0 Å². The number of benzene rings is 4. The van der Waals surface area contributed by atoms with Crippen molar-refractivity contribution in [2.45, 2.75) is 6.92 Å². The van der Waals surface area contributed by atoms with Gasteiger partial charge in [-0.3, -0.25) is 0 Å². The summed E-state index contributed by atoms with van der Waals surface area (Å²) in [6.07, 6.45) is -0.0833. The summed E-state index contributed by atoms with van der Waals surface area (Å²) in [7, 11) is 0. The van der Waals surface area contributed by atoms with Crippen LogP contribution in [0.4, 0.5) is 4.79 Å². The Hall–Kier alpha value is -3.07. The van der Waals surface area contributed by atoms with Gasteiger partial charge in [0.25, 0.3) is 0 Å². The van der Waals surface area contributed by atoms with Crippen molar-refractivity contribution < 1.29 is 15.0 Å². The molecule has 0 aliphatic heterocycles. The smallest absolute Gasteiger partial charge is 0.450 e. The van der Waals surface area contributed by atoms with Gasteiger partial charge >= 0.3 is 6.16 Å². The summed E-state index contributed by atoms with van der Waals surface area (Å²) in [5.74, 6) is 0. The number of rotatable bonds is 0. The van der Waals surface area contributed by atoms with Gasteiger partial charge in [-0.25, -0.2) is 4.79 Å². The zero-order chi connectivity index (χ0) is 16.8. The summed E-state index contributed by atoms with van der Waals surface area (Å²) >= 11 is 0. The Kier molecular flexibility index (Phi) is 5.15. The van der Waals surface area contributed by atoms with E-state index in [-0.39, 0.29) is 0 Å². The second-order valence-electron chi connectivity index (χ2n) is 4.98. The monoisotopic (exact) mass is 306 g/mol. The Morgan fingerprint density at radius 2 is 1.00 bits per heavy atom. The molecule has 116 valence electrons. The fourth-order valence-electron chi connectivity index (χ4n) is 2.67. The maximum Gasteiger partial charge on any atom is 0.503 e. The molecule has 0 saturated heterocycles. The van der Waals surface area contributed by atoms with Crippen LogP contribution in [-0.2, 0) is 0 Å². The zero-order valence-corrected chi connectivity index (χ0v) is 12.9. The van der Waals surface area contributed by atoms with Crippen LogP contribution in [0.25, 0.3) is 32.3 Å². The van der Waals surface area contributed by atoms with Gasteiger partial charge in [-0.2, -0.15) is 0 Å². The van der Waals surface area contributed by atoms with Gasteiger partial charge in [0.05, 0.1) is 0 Å². The van der Waals surface area contributed by atoms with Crippen LogP contribution < -0.4 is 0 Å². The summed E-state index contributed by atoms with van der Waals surface area (Å²) in [6.45, 7) is 5.25. The first-order valence-corrected chi connectivity index (χ1v) is 7.20. The molecule has 0 aliphatic carbocycles. The molecule has 4 aromatic carbocycles.